The van der Waals surface area contributed by atoms with Crippen molar-refractivity contribution in [1.82, 2.24) is 0 Å². The van der Waals surface area contributed by atoms with Crippen LogP contribution in [0, 0.1) is 11.3 Å². The minimum Gasteiger partial charge on any atom is -0.399 e. The second kappa shape index (κ2) is 4.24. The molecule has 1 aromatic carbocycles. The summed E-state index contributed by atoms with van der Waals surface area (Å²) in [6.45, 7) is 0.667. The van der Waals surface area contributed by atoms with E-state index < -0.39 is 0 Å². The molecular formula is C9H11N3. The third kappa shape index (κ3) is 2.51. The molecule has 1 rings (SSSR count). The Morgan fingerprint density at radius 3 is 3.00 bits per heavy atom. The number of rotatable bonds is 3. The molecule has 0 unspecified atom stereocenters. The number of nitrogen functional groups attached to an aromatic ring is 1. The van der Waals surface area contributed by atoms with E-state index in [1.165, 1.54) is 0 Å². The fourth-order valence-electron chi connectivity index (χ4n) is 0.911. The van der Waals surface area contributed by atoms with E-state index in [1.807, 2.05) is 24.3 Å². The molecule has 1 aromatic rings. The first-order valence-corrected chi connectivity index (χ1v) is 3.79. The number of nitrogens with zero attached hydrogens (tertiary/aromatic N) is 1. The molecular weight excluding hydrogens is 150 g/mol. The summed E-state index contributed by atoms with van der Waals surface area (Å²) < 4.78 is 0. The molecule has 0 aliphatic rings. The highest BCUT2D eigenvalue weighted by molar-refractivity contribution is 5.53. The summed E-state index contributed by atoms with van der Waals surface area (Å²) in [5, 5.41) is 11.4. The molecule has 0 amide bonds. The van der Waals surface area contributed by atoms with Crippen molar-refractivity contribution in [2.24, 2.45) is 0 Å². The van der Waals surface area contributed by atoms with Crippen LogP contribution in [0.15, 0.2) is 24.3 Å². The maximum Gasteiger partial charge on any atom is 0.0640 e. The normalized spacial score (nSPS) is 8.92. The van der Waals surface area contributed by atoms with Gasteiger partial charge in [0.25, 0.3) is 0 Å². The molecule has 3 heteroatoms. The molecule has 0 aromatic heterocycles. The Bertz CT molecular complexity index is 288. The van der Waals surface area contributed by atoms with Crippen LogP contribution in [0.3, 0.4) is 0 Å². The van der Waals surface area contributed by atoms with Crippen molar-refractivity contribution in [3.8, 4) is 6.07 Å². The van der Waals surface area contributed by atoms with Gasteiger partial charge >= 0.3 is 0 Å². The minimum absolute atomic E-state index is 0.509. The van der Waals surface area contributed by atoms with Gasteiger partial charge in [-0.2, -0.15) is 5.26 Å². The lowest BCUT2D eigenvalue weighted by Crippen LogP contribution is -2.00. The molecule has 0 spiro atoms. The van der Waals surface area contributed by atoms with Gasteiger partial charge in [-0.05, 0) is 18.2 Å². The molecule has 62 valence electrons. The molecule has 3 nitrogen and oxygen atoms in total. The van der Waals surface area contributed by atoms with Gasteiger partial charge < -0.3 is 11.1 Å². The fourth-order valence-corrected chi connectivity index (χ4v) is 0.911. The third-order valence-electron chi connectivity index (χ3n) is 1.45. The summed E-state index contributed by atoms with van der Waals surface area (Å²) in [7, 11) is 0. The Hall–Kier alpha value is -1.69. The zero-order valence-electron chi connectivity index (χ0n) is 6.75. The van der Waals surface area contributed by atoms with Crippen LogP contribution in [0.4, 0.5) is 11.4 Å². The second-order valence-electron chi connectivity index (χ2n) is 2.46. The summed E-state index contributed by atoms with van der Waals surface area (Å²) in [5.41, 5.74) is 7.25. The number of nitriles is 1. The van der Waals surface area contributed by atoms with Crippen LogP contribution < -0.4 is 11.1 Å². The summed E-state index contributed by atoms with van der Waals surface area (Å²) in [6, 6.07) is 9.54. The highest BCUT2D eigenvalue weighted by Crippen LogP contribution is 2.11. The van der Waals surface area contributed by atoms with E-state index in [0.717, 1.165) is 11.4 Å². The Morgan fingerprint density at radius 1 is 1.50 bits per heavy atom. The van der Waals surface area contributed by atoms with Crippen LogP contribution in [0.25, 0.3) is 0 Å². The average Bonchev–Trinajstić information content (AvgIpc) is 2.05. The van der Waals surface area contributed by atoms with Crippen LogP contribution in [-0.2, 0) is 0 Å². The van der Waals surface area contributed by atoms with Gasteiger partial charge in [-0.25, -0.2) is 0 Å². The van der Waals surface area contributed by atoms with Gasteiger partial charge in [-0.1, -0.05) is 6.07 Å². The van der Waals surface area contributed by atoms with Crippen molar-refractivity contribution >= 4 is 11.4 Å². The molecule has 3 N–H and O–H groups in total. The highest BCUT2D eigenvalue weighted by Gasteiger charge is 1.90. The predicted octanol–water partition coefficient (Wildman–Crippen LogP) is 1.59. The summed E-state index contributed by atoms with van der Waals surface area (Å²) >= 11 is 0. The van der Waals surface area contributed by atoms with Gasteiger partial charge in [0.2, 0.25) is 0 Å². The Balaban J connectivity index is 2.48. The maximum absolute atomic E-state index is 8.28. The fraction of sp³-hybridized carbons (Fsp3) is 0.222. The maximum atomic E-state index is 8.28. The average molecular weight is 161 g/mol. The smallest absolute Gasteiger partial charge is 0.0640 e. The Labute approximate surface area is 71.8 Å². The summed E-state index contributed by atoms with van der Waals surface area (Å²) in [6.07, 6.45) is 0.509. The van der Waals surface area contributed by atoms with Gasteiger partial charge in [0.05, 0.1) is 12.5 Å². The van der Waals surface area contributed by atoms with Crippen molar-refractivity contribution in [3.05, 3.63) is 24.3 Å². The van der Waals surface area contributed by atoms with Crippen molar-refractivity contribution < 1.29 is 0 Å². The van der Waals surface area contributed by atoms with E-state index in [0.29, 0.717) is 13.0 Å². The largest absolute Gasteiger partial charge is 0.399 e. The van der Waals surface area contributed by atoms with Gasteiger partial charge in [0, 0.05) is 17.9 Å². The van der Waals surface area contributed by atoms with Gasteiger partial charge in [0.1, 0.15) is 0 Å². The zero-order chi connectivity index (χ0) is 8.81. The number of benzene rings is 1. The molecule has 0 saturated heterocycles. The minimum atomic E-state index is 0.509. The molecule has 12 heavy (non-hydrogen) atoms. The number of hydrogen-bond donors (Lipinski definition) is 2. The number of nitrogens with one attached hydrogen (secondary N) is 1. The first-order valence-electron chi connectivity index (χ1n) is 3.79. The highest BCUT2D eigenvalue weighted by atomic mass is 14.9. The van der Waals surface area contributed by atoms with Crippen molar-refractivity contribution in [3.63, 3.8) is 0 Å². The van der Waals surface area contributed by atoms with Crippen LogP contribution >= 0.6 is 0 Å². The quantitative estimate of drug-likeness (QED) is 0.522. The topological polar surface area (TPSA) is 61.8 Å². The van der Waals surface area contributed by atoms with Crippen molar-refractivity contribution in [2.45, 2.75) is 6.42 Å². The summed E-state index contributed by atoms with van der Waals surface area (Å²) in [5.74, 6) is 0. The van der Waals surface area contributed by atoms with Crippen molar-refractivity contribution in [1.29, 1.82) is 5.26 Å². The molecule has 0 aliphatic heterocycles. The standard InChI is InChI=1S/C9H11N3/c10-5-2-6-12-9-4-1-3-8(11)7-9/h1,3-4,7,12H,2,6,11H2. The van der Waals surface area contributed by atoms with Crippen LogP contribution in [0.2, 0.25) is 0 Å². The number of nitrogens with two attached hydrogens (primary N) is 1. The molecule has 0 atom stereocenters. The van der Waals surface area contributed by atoms with E-state index in [4.69, 9.17) is 11.0 Å². The molecule has 0 saturated carbocycles. The number of hydrogen-bond acceptors (Lipinski definition) is 3. The Kier molecular flexibility index (Phi) is 2.97. The van der Waals surface area contributed by atoms with Gasteiger partial charge in [-0.3, -0.25) is 0 Å². The van der Waals surface area contributed by atoms with Crippen LogP contribution in [0.5, 0.6) is 0 Å². The van der Waals surface area contributed by atoms with E-state index in [9.17, 15) is 0 Å². The van der Waals surface area contributed by atoms with E-state index in [1.54, 1.807) is 0 Å². The lowest BCUT2D eigenvalue weighted by atomic mass is 10.3. The third-order valence-corrected chi connectivity index (χ3v) is 1.45. The van der Waals surface area contributed by atoms with Crippen LogP contribution in [-0.4, -0.2) is 6.54 Å². The SMILES string of the molecule is N#CCCNc1cccc(N)c1. The molecule has 0 aliphatic carbocycles. The molecule has 0 heterocycles. The summed E-state index contributed by atoms with van der Waals surface area (Å²) in [4.78, 5) is 0. The predicted molar refractivity (Wildman–Crippen MR) is 49.6 cm³/mol. The molecule has 0 bridgehead atoms. The first-order chi connectivity index (χ1) is 5.83. The lowest BCUT2D eigenvalue weighted by Gasteiger charge is -2.03. The van der Waals surface area contributed by atoms with Crippen molar-refractivity contribution in [2.75, 3.05) is 17.6 Å². The van der Waals surface area contributed by atoms with E-state index >= 15 is 0 Å². The Morgan fingerprint density at radius 2 is 2.33 bits per heavy atom. The number of anilines is 2. The zero-order valence-corrected chi connectivity index (χ0v) is 6.75. The molecule has 0 radical (unpaired) electrons. The van der Waals surface area contributed by atoms with E-state index in [-0.39, 0.29) is 0 Å². The van der Waals surface area contributed by atoms with Gasteiger partial charge in [0.15, 0.2) is 0 Å². The monoisotopic (exact) mass is 161 g/mol. The van der Waals surface area contributed by atoms with Gasteiger partial charge in [-0.15, -0.1) is 0 Å². The van der Waals surface area contributed by atoms with E-state index in [2.05, 4.69) is 11.4 Å². The first kappa shape index (κ1) is 8.41. The molecule has 0 fully saturated rings. The van der Waals surface area contributed by atoms with Crippen LogP contribution in [0.1, 0.15) is 6.42 Å². The lowest BCUT2D eigenvalue weighted by molar-refractivity contribution is 1.08. The second-order valence-corrected chi connectivity index (χ2v) is 2.46.